The van der Waals surface area contributed by atoms with E-state index in [2.05, 4.69) is 0 Å². The van der Waals surface area contributed by atoms with Gasteiger partial charge in [0.15, 0.2) is 0 Å². The highest BCUT2D eigenvalue weighted by Crippen LogP contribution is 2.31. The van der Waals surface area contributed by atoms with E-state index < -0.39 is 0 Å². The molecule has 72 valence electrons. The highest BCUT2D eigenvalue weighted by molar-refractivity contribution is 6.42. The fourth-order valence-corrected chi connectivity index (χ4v) is 1.19. The Hall–Kier alpha value is -0.440. The summed E-state index contributed by atoms with van der Waals surface area (Å²) in [6.45, 7) is 0.550. The average molecular weight is 221 g/mol. The molecule has 13 heavy (non-hydrogen) atoms. The van der Waals surface area contributed by atoms with Crippen molar-refractivity contribution in [1.82, 2.24) is 0 Å². The number of rotatable bonds is 4. The lowest BCUT2D eigenvalue weighted by molar-refractivity contribution is 0.233. The Bertz CT molecular complexity index is 276. The van der Waals surface area contributed by atoms with Crippen molar-refractivity contribution in [3.05, 3.63) is 28.2 Å². The van der Waals surface area contributed by atoms with Gasteiger partial charge in [-0.3, -0.25) is 0 Å². The summed E-state index contributed by atoms with van der Waals surface area (Å²) in [5.41, 5.74) is 0. The molecule has 1 aromatic rings. The smallest absolute Gasteiger partial charge is 0.139 e. The fraction of sp³-hybridized carbons (Fsp3) is 0.333. The minimum absolute atomic E-state index is 0.109. The van der Waals surface area contributed by atoms with Gasteiger partial charge >= 0.3 is 0 Å². The molecule has 0 saturated heterocycles. The van der Waals surface area contributed by atoms with Crippen LogP contribution in [0, 0.1) is 0 Å². The zero-order chi connectivity index (χ0) is 9.68. The van der Waals surface area contributed by atoms with Crippen molar-refractivity contribution in [2.45, 2.75) is 6.42 Å². The summed E-state index contributed by atoms with van der Waals surface area (Å²) < 4.78 is 5.28. The summed E-state index contributed by atoms with van der Waals surface area (Å²) in [6.07, 6.45) is 0.586. The SMILES string of the molecule is OCCCOc1cccc(Cl)c1Cl. The first-order chi connectivity index (χ1) is 6.25. The van der Waals surface area contributed by atoms with E-state index in [1.165, 1.54) is 0 Å². The predicted molar refractivity (Wildman–Crippen MR) is 53.7 cm³/mol. The third-order valence-electron chi connectivity index (χ3n) is 1.48. The zero-order valence-corrected chi connectivity index (χ0v) is 8.48. The summed E-state index contributed by atoms with van der Waals surface area (Å²) in [5, 5.41) is 9.42. The van der Waals surface area contributed by atoms with Crippen LogP contribution in [0.4, 0.5) is 0 Å². The maximum Gasteiger partial charge on any atom is 0.139 e. The molecular formula is C9H10Cl2O2. The molecule has 0 aliphatic carbocycles. The van der Waals surface area contributed by atoms with Gasteiger partial charge in [0.2, 0.25) is 0 Å². The van der Waals surface area contributed by atoms with Crippen LogP contribution < -0.4 is 4.74 Å². The molecule has 0 aliphatic rings. The Morgan fingerprint density at radius 3 is 2.77 bits per heavy atom. The largest absolute Gasteiger partial charge is 0.492 e. The van der Waals surface area contributed by atoms with Crippen LogP contribution >= 0.6 is 23.2 Å². The fourth-order valence-electron chi connectivity index (χ4n) is 0.842. The first-order valence-electron chi connectivity index (χ1n) is 3.93. The molecule has 0 aromatic heterocycles. The number of aliphatic hydroxyl groups is 1. The lowest BCUT2D eigenvalue weighted by Gasteiger charge is -2.07. The van der Waals surface area contributed by atoms with Crippen molar-refractivity contribution >= 4 is 23.2 Å². The van der Waals surface area contributed by atoms with E-state index in [1.54, 1.807) is 18.2 Å². The highest BCUT2D eigenvalue weighted by Gasteiger charge is 2.04. The molecule has 0 radical (unpaired) electrons. The molecule has 0 spiro atoms. The zero-order valence-electron chi connectivity index (χ0n) is 6.96. The second-order valence-corrected chi connectivity index (χ2v) is 3.26. The van der Waals surface area contributed by atoms with E-state index in [1.807, 2.05) is 0 Å². The summed E-state index contributed by atoms with van der Waals surface area (Å²) in [5.74, 6) is 0.558. The number of ether oxygens (including phenoxy) is 1. The van der Waals surface area contributed by atoms with Crippen molar-refractivity contribution in [1.29, 1.82) is 0 Å². The average Bonchev–Trinajstić information content (AvgIpc) is 2.13. The third-order valence-corrected chi connectivity index (χ3v) is 2.28. The number of benzene rings is 1. The van der Waals surface area contributed by atoms with Gasteiger partial charge in [0, 0.05) is 13.0 Å². The van der Waals surface area contributed by atoms with Crippen LogP contribution in [-0.4, -0.2) is 18.3 Å². The molecule has 0 fully saturated rings. The number of halogens is 2. The van der Waals surface area contributed by atoms with Gasteiger partial charge in [-0.25, -0.2) is 0 Å². The normalized spacial score (nSPS) is 10.1. The van der Waals surface area contributed by atoms with Gasteiger partial charge in [0.25, 0.3) is 0 Å². The van der Waals surface area contributed by atoms with E-state index in [0.717, 1.165) is 0 Å². The van der Waals surface area contributed by atoms with Crippen molar-refractivity contribution < 1.29 is 9.84 Å². The van der Waals surface area contributed by atoms with Gasteiger partial charge in [-0.1, -0.05) is 29.3 Å². The summed E-state index contributed by atoms with van der Waals surface area (Å²) in [7, 11) is 0. The Morgan fingerprint density at radius 2 is 2.08 bits per heavy atom. The van der Waals surface area contributed by atoms with Crippen LogP contribution in [0.3, 0.4) is 0 Å². The minimum atomic E-state index is 0.109. The van der Waals surface area contributed by atoms with Crippen molar-refractivity contribution in [3.63, 3.8) is 0 Å². The van der Waals surface area contributed by atoms with E-state index in [4.69, 9.17) is 33.0 Å². The first-order valence-corrected chi connectivity index (χ1v) is 4.69. The monoisotopic (exact) mass is 220 g/mol. The predicted octanol–water partition coefficient (Wildman–Crippen LogP) is 2.75. The molecular weight excluding hydrogens is 211 g/mol. The highest BCUT2D eigenvalue weighted by atomic mass is 35.5. The van der Waals surface area contributed by atoms with E-state index in [0.29, 0.717) is 28.8 Å². The second kappa shape index (κ2) is 5.32. The second-order valence-electron chi connectivity index (χ2n) is 2.48. The van der Waals surface area contributed by atoms with Crippen LogP contribution in [-0.2, 0) is 0 Å². The summed E-state index contributed by atoms with van der Waals surface area (Å²) >= 11 is 11.6. The Kier molecular flexibility index (Phi) is 4.36. The van der Waals surface area contributed by atoms with Gasteiger partial charge in [-0.15, -0.1) is 0 Å². The first kappa shape index (κ1) is 10.6. The van der Waals surface area contributed by atoms with Gasteiger partial charge in [0.05, 0.1) is 11.6 Å². The van der Waals surface area contributed by atoms with Gasteiger partial charge in [0.1, 0.15) is 10.8 Å². The maximum absolute atomic E-state index is 8.53. The lowest BCUT2D eigenvalue weighted by Crippen LogP contribution is -1.99. The van der Waals surface area contributed by atoms with Crippen LogP contribution in [0.5, 0.6) is 5.75 Å². The van der Waals surface area contributed by atoms with Gasteiger partial charge < -0.3 is 9.84 Å². The van der Waals surface area contributed by atoms with Crippen molar-refractivity contribution in [3.8, 4) is 5.75 Å². The van der Waals surface area contributed by atoms with Crippen LogP contribution in [0.1, 0.15) is 6.42 Å². The number of hydrogen-bond donors (Lipinski definition) is 1. The number of hydrogen-bond acceptors (Lipinski definition) is 2. The third kappa shape index (κ3) is 3.07. The maximum atomic E-state index is 8.53. The van der Waals surface area contributed by atoms with Crippen LogP contribution in [0.25, 0.3) is 0 Å². The number of aliphatic hydroxyl groups excluding tert-OH is 1. The van der Waals surface area contributed by atoms with E-state index >= 15 is 0 Å². The Labute approximate surface area is 87.0 Å². The molecule has 1 rings (SSSR count). The summed E-state index contributed by atoms with van der Waals surface area (Å²) in [4.78, 5) is 0. The van der Waals surface area contributed by atoms with E-state index in [9.17, 15) is 0 Å². The molecule has 0 unspecified atom stereocenters. The Morgan fingerprint density at radius 1 is 1.31 bits per heavy atom. The molecule has 0 saturated carbocycles. The molecule has 0 amide bonds. The van der Waals surface area contributed by atoms with Crippen molar-refractivity contribution in [2.24, 2.45) is 0 Å². The molecule has 1 aromatic carbocycles. The van der Waals surface area contributed by atoms with Crippen molar-refractivity contribution in [2.75, 3.05) is 13.2 Å². The van der Waals surface area contributed by atoms with Crippen LogP contribution in [0.15, 0.2) is 18.2 Å². The minimum Gasteiger partial charge on any atom is -0.492 e. The topological polar surface area (TPSA) is 29.5 Å². The molecule has 0 atom stereocenters. The van der Waals surface area contributed by atoms with Gasteiger partial charge in [-0.2, -0.15) is 0 Å². The lowest BCUT2D eigenvalue weighted by atomic mass is 10.3. The Balaban J connectivity index is 2.61. The molecule has 0 aliphatic heterocycles. The molecule has 1 N–H and O–H groups in total. The quantitative estimate of drug-likeness (QED) is 0.792. The van der Waals surface area contributed by atoms with Crippen LogP contribution in [0.2, 0.25) is 10.0 Å². The molecule has 0 heterocycles. The molecule has 2 nitrogen and oxygen atoms in total. The van der Waals surface area contributed by atoms with Gasteiger partial charge in [-0.05, 0) is 12.1 Å². The molecule has 0 bridgehead atoms. The van der Waals surface area contributed by atoms with E-state index in [-0.39, 0.29) is 6.61 Å². The summed E-state index contributed by atoms with van der Waals surface area (Å²) in [6, 6.07) is 5.21. The molecule has 4 heteroatoms. The standard InChI is InChI=1S/C9H10Cl2O2/c10-7-3-1-4-8(9(7)11)13-6-2-5-12/h1,3-4,12H,2,5-6H2.